The molecule has 4 aromatic rings. The lowest BCUT2D eigenvalue weighted by Crippen LogP contribution is -2.15. The van der Waals surface area contributed by atoms with Crippen LogP contribution in [0.3, 0.4) is 0 Å². The van der Waals surface area contributed by atoms with E-state index in [1.165, 1.54) is 7.11 Å². The fraction of sp³-hybridized carbons (Fsp3) is 0.130. The molecule has 0 unspecified atom stereocenters. The number of rotatable bonds is 5. The summed E-state index contributed by atoms with van der Waals surface area (Å²) in [6, 6.07) is 11.6. The summed E-state index contributed by atoms with van der Waals surface area (Å²) in [6.07, 6.45) is 2.46. The predicted octanol–water partition coefficient (Wildman–Crippen LogP) is 4.35. The topological polar surface area (TPSA) is 93.2 Å². The molecule has 0 saturated carbocycles. The molecule has 33 heavy (non-hydrogen) atoms. The summed E-state index contributed by atoms with van der Waals surface area (Å²) < 4.78 is 60.3. The molecule has 5 rings (SSSR count). The molecule has 2 aromatic carbocycles. The number of nitrogens with one attached hydrogen (secondary N) is 2. The van der Waals surface area contributed by atoms with E-state index in [-0.39, 0.29) is 11.6 Å². The predicted molar refractivity (Wildman–Crippen MR) is 121 cm³/mol. The van der Waals surface area contributed by atoms with Crippen LogP contribution in [0.2, 0.25) is 0 Å². The number of hydrogen-bond donors (Lipinski definition) is 2. The van der Waals surface area contributed by atoms with Crippen LogP contribution >= 0.6 is 0 Å². The van der Waals surface area contributed by atoms with Gasteiger partial charge >= 0.3 is 0 Å². The van der Waals surface area contributed by atoms with Crippen molar-refractivity contribution in [3.05, 3.63) is 71.9 Å². The van der Waals surface area contributed by atoms with Crippen molar-refractivity contribution in [3.63, 3.8) is 0 Å². The zero-order chi connectivity index (χ0) is 23.2. The third-order valence-corrected chi connectivity index (χ3v) is 6.78. The first-order valence-electron chi connectivity index (χ1n) is 10.0. The molecule has 1 aliphatic heterocycles. The average Bonchev–Trinajstić information content (AvgIpc) is 3.23. The summed E-state index contributed by atoms with van der Waals surface area (Å²) in [5.74, 6) is -1.17. The Hall–Kier alpha value is -3.79. The standard InChI is InChI=1S/C23H18F2N4O3S/c1-32-23-20(29-33(30,31)21-5-3-17(24)11-18(21)25)10-16(12-27-23)13-2-4-19-15(8-13)9-14-6-7-26-22(14)28-19/h2-5,8-12,29H,6-7H2,1H3,(H,26,28). The van der Waals surface area contributed by atoms with Crippen LogP contribution < -0.4 is 14.8 Å². The van der Waals surface area contributed by atoms with Crippen LogP contribution in [0.5, 0.6) is 5.88 Å². The van der Waals surface area contributed by atoms with Crippen molar-refractivity contribution in [2.75, 3.05) is 23.7 Å². The Labute approximate surface area is 188 Å². The second-order valence-corrected chi connectivity index (χ2v) is 9.19. The van der Waals surface area contributed by atoms with Crippen molar-refractivity contribution in [2.45, 2.75) is 11.3 Å². The molecule has 7 nitrogen and oxygen atoms in total. The smallest absolute Gasteiger partial charge is 0.264 e. The normalized spacial score (nSPS) is 12.9. The number of benzene rings is 2. The van der Waals surface area contributed by atoms with Gasteiger partial charge in [0, 0.05) is 29.8 Å². The van der Waals surface area contributed by atoms with Crippen molar-refractivity contribution in [1.82, 2.24) is 9.97 Å². The van der Waals surface area contributed by atoms with Crippen molar-refractivity contribution in [2.24, 2.45) is 0 Å². The first kappa shape index (κ1) is 21.1. The van der Waals surface area contributed by atoms with E-state index in [1.54, 1.807) is 12.3 Å². The van der Waals surface area contributed by atoms with Crippen LogP contribution in [0.1, 0.15) is 5.56 Å². The van der Waals surface area contributed by atoms with Crippen molar-refractivity contribution < 1.29 is 21.9 Å². The molecule has 2 aromatic heterocycles. The summed E-state index contributed by atoms with van der Waals surface area (Å²) >= 11 is 0. The molecular weight excluding hydrogens is 450 g/mol. The van der Waals surface area contributed by atoms with Crippen molar-refractivity contribution in [1.29, 1.82) is 0 Å². The quantitative estimate of drug-likeness (QED) is 0.452. The Morgan fingerprint density at radius 3 is 2.70 bits per heavy atom. The first-order valence-corrected chi connectivity index (χ1v) is 11.5. The lowest BCUT2D eigenvalue weighted by molar-refractivity contribution is 0.400. The van der Waals surface area contributed by atoms with Crippen molar-refractivity contribution >= 4 is 32.4 Å². The van der Waals surface area contributed by atoms with Gasteiger partial charge in [-0.15, -0.1) is 0 Å². The molecular formula is C23H18F2N4O3S. The summed E-state index contributed by atoms with van der Waals surface area (Å²) in [4.78, 5) is 8.14. The average molecular weight is 468 g/mol. The Balaban J connectivity index is 1.54. The molecule has 3 heterocycles. The molecule has 0 amide bonds. The number of pyridine rings is 2. The number of hydrogen-bond acceptors (Lipinski definition) is 6. The Bertz CT molecular complexity index is 1510. The highest BCUT2D eigenvalue weighted by molar-refractivity contribution is 7.92. The number of methoxy groups -OCH3 is 1. The van der Waals surface area contributed by atoms with Crippen LogP contribution in [-0.2, 0) is 16.4 Å². The Morgan fingerprint density at radius 2 is 1.91 bits per heavy atom. The molecule has 0 saturated heterocycles. The molecule has 0 fully saturated rings. The minimum Gasteiger partial charge on any atom is -0.480 e. The number of nitrogens with zero attached hydrogens (tertiary/aromatic N) is 2. The second-order valence-electron chi connectivity index (χ2n) is 7.54. The minimum absolute atomic E-state index is 0.0104. The SMILES string of the molecule is COc1ncc(-c2ccc3nc4c(cc3c2)CCN4)cc1NS(=O)(=O)c1ccc(F)cc1F. The summed E-state index contributed by atoms with van der Waals surface area (Å²) in [6.45, 7) is 0.853. The van der Waals surface area contributed by atoms with E-state index < -0.39 is 26.6 Å². The van der Waals surface area contributed by atoms with Gasteiger partial charge in [-0.25, -0.2) is 27.2 Å². The van der Waals surface area contributed by atoms with Crippen LogP contribution in [0.4, 0.5) is 20.3 Å². The highest BCUT2D eigenvalue weighted by Gasteiger charge is 2.22. The second kappa shape index (κ2) is 7.96. The number of aromatic nitrogens is 2. The number of anilines is 2. The molecule has 1 aliphatic rings. The summed E-state index contributed by atoms with van der Waals surface area (Å²) in [7, 11) is -3.02. The first-order chi connectivity index (χ1) is 15.8. The Morgan fingerprint density at radius 1 is 1.06 bits per heavy atom. The van der Waals surface area contributed by atoms with Crippen LogP contribution in [0, 0.1) is 11.6 Å². The van der Waals surface area contributed by atoms with E-state index >= 15 is 0 Å². The van der Waals surface area contributed by atoms with Crippen LogP contribution in [-0.4, -0.2) is 32.0 Å². The largest absolute Gasteiger partial charge is 0.480 e. The van der Waals surface area contributed by atoms with Gasteiger partial charge in [-0.05, 0) is 53.9 Å². The van der Waals surface area contributed by atoms with E-state index in [2.05, 4.69) is 26.1 Å². The maximum atomic E-state index is 14.1. The van der Waals surface area contributed by atoms with Gasteiger partial charge < -0.3 is 10.1 Å². The van der Waals surface area contributed by atoms with E-state index in [0.717, 1.165) is 52.9 Å². The van der Waals surface area contributed by atoms with E-state index in [1.807, 2.05) is 18.2 Å². The van der Waals surface area contributed by atoms with E-state index in [9.17, 15) is 17.2 Å². The summed E-state index contributed by atoms with van der Waals surface area (Å²) in [5.41, 5.74) is 3.41. The van der Waals surface area contributed by atoms with E-state index in [0.29, 0.717) is 11.6 Å². The number of fused-ring (bicyclic) bond motifs is 2. The highest BCUT2D eigenvalue weighted by atomic mass is 32.2. The van der Waals surface area contributed by atoms with Crippen LogP contribution in [0.25, 0.3) is 22.0 Å². The zero-order valence-corrected chi connectivity index (χ0v) is 18.2. The molecule has 0 radical (unpaired) electrons. The third kappa shape index (κ3) is 3.93. The fourth-order valence-electron chi connectivity index (χ4n) is 3.80. The molecule has 10 heteroatoms. The lowest BCUT2D eigenvalue weighted by Gasteiger charge is -2.13. The highest BCUT2D eigenvalue weighted by Crippen LogP contribution is 2.33. The van der Waals surface area contributed by atoms with Gasteiger partial charge in [0.1, 0.15) is 28.0 Å². The molecule has 0 aliphatic carbocycles. The summed E-state index contributed by atoms with van der Waals surface area (Å²) in [5, 5.41) is 4.20. The maximum absolute atomic E-state index is 14.1. The zero-order valence-electron chi connectivity index (χ0n) is 17.4. The number of halogens is 2. The molecule has 168 valence electrons. The Kier molecular flexibility index (Phi) is 5.09. The minimum atomic E-state index is -4.36. The monoisotopic (exact) mass is 468 g/mol. The van der Waals surface area contributed by atoms with Gasteiger partial charge in [-0.1, -0.05) is 6.07 Å². The van der Waals surface area contributed by atoms with Gasteiger partial charge in [0.25, 0.3) is 10.0 Å². The van der Waals surface area contributed by atoms with Gasteiger partial charge in [0.05, 0.1) is 12.6 Å². The fourth-order valence-corrected chi connectivity index (χ4v) is 4.91. The van der Waals surface area contributed by atoms with Crippen molar-refractivity contribution in [3.8, 4) is 17.0 Å². The van der Waals surface area contributed by atoms with Gasteiger partial charge in [-0.2, -0.15) is 0 Å². The van der Waals surface area contributed by atoms with E-state index in [4.69, 9.17) is 4.74 Å². The van der Waals surface area contributed by atoms with Gasteiger partial charge in [-0.3, -0.25) is 4.72 Å². The maximum Gasteiger partial charge on any atom is 0.264 e. The van der Waals surface area contributed by atoms with Gasteiger partial charge in [0.15, 0.2) is 0 Å². The lowest BCUT2D eigenvalue weighted by atomic mass is 10.0. The number of ether oxygens (including phenoxy) is 1. The molecule has 0 bridgehead atoms. The molecule has 0 spiro atoms. The molecule has 0 atom stereocenters. The number of sulfonamides is 1. The van der Waals surface area contributed by atoms with Gasteiger partial charge in [0.2, 0.25) is 5.88 Å². The van der Waals surface area contributed by atoms with Crippen LogP contribution in [0.15, 0.2) is 59.6 Å². The molecule has 2 N–H and O–H groups in total. The third-order valence-electron chi connectivity index (χ3n) is 5.39.